The molecule has 0 amide bonds. The van der Waals surface area contributed by atoms with Gasteiger partial charge in [0, 0.05) is 31.2 Å². The van der Waals surface area contributed by atoms with E-state index in [0.29, 0.717) is 6.04 Å². The molecule has 3 aliphatic rings. The number of hydrogen-bond donors (Lipinski definition) is 1. The second kappa shape index (κ2) is 5.94. The van der Waals surface area contributed by atoms with Gasteiger partial charge >= 0.3 is 0 Å². The van der Waals surface area contributed by atoms with E-state index in [0.717, 1.165) is 30.3 Å². The van der Waals surface area contributed by atoms with Crippen LogP contribution < -0.4 is 0 Å². The normalized spacial score (nSPS) is 44.0. The molecule has 3 nitrogen and oxygen atoms in total. The zero-order chi connectivity index (χ0) is 14.3. The molecule has 1 aliphatic carbocycles. The van der Waals surface area contributed by atoms with Gasteiger partial charge in [-0.15, -0.1) is 0 Å². The van der Waals surface area contributed by atoms with Crippen molar-refractivity contribution in [2.75, 3.05) is 20.1 Å². The summed E-state index contributed by atoms with van der Waals surface area (Å²) in [4.78, 5) is 5.24. The van der Waals surface area contributed by atoms with Crippen molar-refractivity contribution in [2.24, 2.45) is 11.8 Å². The van der Waals surface area contributed by atoms with Crippen molar-refractivity contribution >= 4 is 0 Å². The van der Waals surface area contributed by atoms with Crippen molar-refractivity contribution in [3.63, 3.8) is 0 Å². The van der Waals surface area contributed by atoms with Crippen LogP contribution in [0.25, 0.3) is 0 Å². The summed E-state index contributed by atoms with van der Waals surface area (Å²) < 4.78 is 0. The Balaban J connectivity index is 1.68. The Kier molecular flexibility index (Phi) is 4.40. The Morgan fingerprint density at radius 3 is 2.50 bits per heavy atom. The highest BCUT2D eigenvalue weighted by Gasteiger charge is 2.40. The lowest BCUT2D eigenvalue weighted by molar-refractivity contribution is -0.00743. The van der Waals surface area contributed by atoms with Crippen molar-refractivity contribution in [3.05, 3.63) is 0 Å². The third kappa shape index (κ3) is 2.77. The number of likely N-dealkylation sites (N-methyl/N-ethyl adjacent to an activating group) is 1. The first-order valence-electron chi connectivity index (χ1n) is 8.70. The standard InChI is InChI=1S/C17H32N2O/c1-12(2)13-4-7-17(20)16(10-13)19-9-8-14-5-6-15(11-19)18(14)3/h12-17,20H,4-11H2,1-3H3. The van der Waals surface area contributed by atoms with Crippen LogP contribution in [0.1, 0.15) is 52.4 Å². The molecule has 3 heteroatoms. The van der Waals surface area contributed by atoms with E-state index in [2.05, 4.69) is 30.7 Å². The molecule has 0 aromatic carbocycles. The Labute approximate surface area is 124 Å². The monoisotopic (exact) mass is 280 g/mol. The van der Waals surface area contributed by atoms with Crippen LogP contribution in [0.15, 0.2) is 0 Å². The molecule has 116 valence electrons. The lowest BCUT2D eigenvalue weighted by Gasteiger charge is -2.42. The highest BCUT2D eigenvalue weighted by molar-refractivity contribution is 4.95. The summed E-state index contributed by atoms with van der Waals surface area (Å²) in [5.41, 5.74) is 0. The molecule has 3 fully saturated rings. The van der Waals surface area contributed by atoms with E-state index >= 15 is 0 Å². The number of aliphatic hydroxyl groups excluding tert-OH is 1. The predicted molar refractivity (Wildman–Crippen MR) is 82.7 cm³/mol. The van der Waals surface area contributed by atoms with Crippen LogP contribution in [-0.4, -0.2) is 59.3 Å². The van der Waals surface area contributed by atoms with Crippen molar-refractivity contribution < 1.29 is 5.11 Å². The Hall–Kier alpha value is -0.120. The lowest BCUT2D eigenvalue weighted by atomic mass is 9.77. The van der Waals surface area contributed by atoms with E-state index < -0.39 is 0 Å². The molecule has 1 N–H and O–H groups in total. The summed E-state index contributed by atoms with van der Waals surface area (Å²) in [5, 5.41) is 10.5. The average Bonchev–Trinajstić information content (AvgIpc) is 2.64. The molecule has 20 heavy (non-hydrogen) atoms. The molecular formula is C17H32N2O. The fourth-order valence-electron chi connectivity index (χ4n) is 4.80. The van der Waals surface area contributed by atoms with Crippen LogP contribution in [0.3, 0.4) is 0 Å². The molecule has 0 aromatic rings. The van der Waals surface area contributed by atoms with E-state index in [4.69, 9.17) is 0 Å². The average molecular weight is 280 g/mol. The van der Waals surface area contributed by atoms with Crippen LogP contribution in [0.4, 0.5) is 0 Å². The van der Waals surface area contributed by atoms with Gasteiger partial charge in [0.2, 0.25) is 0 Å². The number of hydrogen-bond acceptors (Lipinski definition) is 3. The van der Waals surface area contributed by atoms with Gasteiger partial charge in [0.05, 0.1) is 6.10 Å². The largest absolute Gasteiger partial charge is 0.391 e. The Morgan fingerprint density at radius 1 is 1.00 bits per heavy atom. The Bertz CT molecular complexity index is 333. The molecule has 0 radical (unpaired) electrons. The van der Waals surface area contributed by atoms with Crippen LogP contribution in [0, 0.1) is 11.8 Å². The first kappa shape index (κ1) is 14.8. The molecule has 3 rings (SSSR count). The van der Waals surface area contributed by atoms with Crippen LogP contribution >= 0.6 is 0 Å². The summed E-state index contributed by atoms with van der Waals surface area (Å²) in [7, 11) is 2.31. The summed E-state index contributed by atoms with van der Waals surface area (Å²) >= 11 is 0. The first-order valence-corrected chi connectivity index (χ1v) is 8.70. The van der Waals surface area contributed by atoms with Crippen LogP contribution in [0.5, 0.6) is 0 Å². The van der Waals surface area contributed by atoms with Gasteiger partial charge in [-0.2, -0.15) is 0 Å². The molecule has 1 saturated carbocycles. The number of nitrogens with zero attached hydrogens (tertiary/aromatic N) is 2. The minimum atomic E-state index is -0.0908. The molecule has 2 saturated heterocycles. The molecule has 5 atom stereocenters. The van der Waals surface area contributed by atoms with E-state index in [9.17, 15) is 5.11 Å². The second-order valence-corrected chi connectivity index (χ2v) is 7.79. The Morgan fingerprint density at radius 2 is 1.75 bits per heavy atom. The molecule has 2 aliphatic heterocycles. The third-order valence-electron chi connectivity index (χ3n) is 6.41. The minimum absolute atomic E-state index is 0.0908. The lowest BCUT2D eigenvalue weighted by Crippen LogP contribution is -2.50. The summed E-state index contributed by atoms with van der Waals surface area (Å²) in [5.74, 6) is 1.57. The van der Waals surface area contributed by atoms with Crippen LogP contribution in [0.2, 0.25) is 0 Å². The molecule has 2 bridgehead atoms. The second-order valence-electron chi connectivity index (χ2n) is 7.79. The number of aliphatic hydroxyl groups is 1. The maximum atomic E-state index is 10.5. The summed E-state index contributed by atoms with van der Waals surface area (Å²) in [6.07, 6.45) is 7.38. The summed E-state index contributed by atoms with van der Waals surface area (Å²) in [6.45, 7) is 7.06. The van der Waals surface area contributed by atoms with Crippen molar-refractivity contribution in [2.45, 2.75) is 76.6 Å². The predicted octanol–water partition coefficient (Wildman–Crippen LogP) is 2.34. The van der Waals surface area contributed by atoms with Gasteiger partial charge in [0.1, 0.15) is 0 Å². The van der Waals surface area contributed by atoms with Gasteiger partial charge in [-0.3, -0.25) is 9.80 Å². The maximum Gasteiger partial charge on any atom is 0.0695 e. The van der Waals surface area contributed by atoms with Crippen LogP contribution in [-0.2, 0) is 0 Å². The molecule has 2 heterocycles. The third-order valence-corrected chi connectivity index (χ3v) is 6.41. The number of likely N-dealkylation sites (tertiary alicyclic amines) is 1. The molecule has 0 spiro atoms. The van der Waals surface area contributed by atoms with E-state index in [1.54, 1.807) is 0 Å². The quantitative estimate of drug-likeness (QED) is 0.841. The van der Waals surface area contributed by atoms with Crippen molar-refractivity contribution in [3.8, 4) is 0 Å². The van der Waals surface area contributed by atoms with Gasteiger partial charge in [0.15, 0.2) is 0 Å². The van der Waals surface area contributed by atoms with E-state index in [1.165, 1.54) is 45.2 Å². The highest BCUT2D eigenvalue weighted by atomic mass is 16.3. The zero-order valence-corrected chi connectivity index (χ0v) is 13.5. The molecule has 5 unspecified atom stereocenters. The number of fused-ring (bicyclic) bond motifs is 2. The van der Waals surface area contributed by atoms with Crippen molar-refractivity contribution in [1.29, 1.82) is 0 Å². The van der Waals surface area contributed by atoms with Gasteiger partial charge in [-0.25, -0.2) is 0 Å². The fraction of sp³-hybridized carbons (Fsp3) is 1.00. The minimum Gasteiger partial charge on any atom is -0.391 e. The fourth-order valence-corrected chi connectivity index (χ4v) is 4.80. The number of rotatable bonds is 2. The van der Waals surface area contributed by atoms with Crippen molar-refractivity contribution in [1.82, 2.24) is 9.80 Å². The zero-order valence-electron chi connectivity index (χ0n) is 13.5. The van der Waals surface area contributed by atoms with Gasteiger partial charge in [-0.05, 0) is 57.4 Å². The smallest absolute Gasteiger partial charge is 0.0695 e. The topological polar surface area (TPSA) is 26.7 Å². The SMILES string of the molecule is CC(C)C1CCC(O)C(N2CCC3CCC(C2)N3C)C1. The highest BCUT2D eigenvalue weighted by Crippen LogP contribution is 2.36. The summed E-state index contributed by atoms with van der Waals surface area (Å²) in [6, 6.07) is 1.95. The van der Waals surface area contributed by atoms with Gasteiger partial charge in [-0.1, -0.05) is 13.8 Å². The van der Waals surface area contributed by atoms with E-state index in [1.807, 2.05) is 0 Å². The molecule has 0 aromatic heterocycles. The maximum absolute atomic E-state index is 10.5. The molecular weight excluding hydrogens is 248 g/mol. The van der Waals surface area contributed by atoms with Gasteiger partial charge in [0.25, 0.3) is 0 Å². The van der Waals surface area contributed by atoms with Gasteiger partial charge < -0.3 is 5.11 Å². The van der Waals surface area contributed by atoms with E-state index in [-0.39, 0.29) is 6.10 Å². The first-order chi connectivity index (χ1) is 9.56.